The Labute approximate surface area is 129 Å². The SMILES string of the molecule is O=C(CSc1nc2ccccc2c(=O)[nH]1)c1ccc(F)cc1. The lowest BCUT2D eigenvalue weighted by molar-refractivity contribution is 0.102. The fourth-order valence-corrected chi connectivity index (χ4v) is 2.75. The highest BCUT2D eigenvalue weighted by Crippen LogP contribution is 2.16. The molecular weight excluding hydrogens is 303 g/mol. The summed E-state index contributed by atoms with van der Waals surface area (Å²) in [5, 5.41) is 0.899. The number of para-hydroxylation sites is 1. The number of rotatable bonds is 4. The van der Waals surface area contributed by atoms with Crippen molar-refractivity contribution in [2.24, 2.45) is 0 Å². The first-order valence-corrected chi connectivity index (χ1v) is 7.53. The molecule has 0 aliphatic rings. The van der Waals surface area contributed by atoms with Crippen LogP contribution in [0.5, 0.6) is 0 Å². The molecule has 0 aliphatic heterocycles. The topological polar surface area (TPSA) is 62.8 Å². The van der Waals surface area contributed by atoms with Gasteiger partial charge in [-0.15, -0.1) is 0 Å². The zero-order chi connectivity index (χ0) is 15.5. The Bertz CT molecular complexity index is 891. The zero-order valence-corrected chi connectivity index (χ0v) is 12.2. The van der Waals surface area contributed by atoms with E-state index in [2.05, 4.69) is 9.97 Å². The average molecular weight is 314 g/mol. The summed E-state index contributed by atoms with van der Waals surface area (Å²) < 4.78 is 12.8. The van der Waals surface area contributed by atoms with Crippen LogP contribution in [-0.4, -0.2) is 21.5 Å². The summed E-state index contributed by atoms with van der Waals surface area (Å²) in [4.78, 5) is 30.9. The van der Waals surface area contributed by atoms with Crippen molar-refractivity contribution in [2.75, 3.05) is 5.75 Å². The van der Waals surface area contributed by atoms with Gasteiger partial charge in [0.2, 0.25) is 0 Å². The molecule has 3 rings (SSSR count). The van der Waals surface area contributed by atoms with Gasteiger partial charge >= 0.3 is 0 Å². The molecule has 0 fully saturated rings. The molecule has 0 unspecified atom stereocenters. The third-order valence-corrected chi connectivity index (χ3v) is 3.97. The Morgan fingerprint density at radius 1 is 1.14 bits per heavy atom. The Balaban J connectivity index is 1.77. The van der Waals surface area contributed by atoms with Crippen molar-refractivity contribution in [1.82, 2.24) is 9.97 Å². The lowest BCUT2D eigenvalue weighted by atomic mass is 10.1. The molecule has 0 bridgehead atoms. The monoisotopic (exact) mass is 314 g/mol. The number of halogens is 1. The molecule has 0 atom stereocenters. The van der Waals surface area contributed by atoms with Gasteiger partial charge in [0.1, 0.15) is 5.82 Å². The first kappa shape index (κ1) is 14.5. The van der Waals surface area contributed by atoms with Gasteiger partial charge in [-0.3, -0.25) is 9.59 Å². The van der Waals surface area contributed by atoms with Crippen molar-refractivity contribution >= 4 is 28.4 Å². The van der Waals surface area contributed by atoms with Gasteiger partial charge in [0.15, 0.2) is 10.9 Å². The third kappa shape index (κ3) is 3.07. The lowest BCUT2D eigenvalue weighted by Gasteiger charge is -2.03. The van der Waals surface area contributed by atoms with Gasteiger partial charge in [0, 0.05) is 5.56 Å². The van der Waals surface area contributed by atoms with Crippen molar-refractivity contribution in [3.8, 4) is 0 Å². The van der Waals surface area contributed by atoms with Crippen molar-refractivity contribution in [3.63, 3.8) is 0 Å². The fourth-order valence-electron chi connectivity index (χ4n) is 1.99. The Hall–Kier alpha value is -2.47. The third-order valence-electron chi connectivity index (χ3n) is 3.10. The Morgan fingerprint density at radius 3 is 2.64 bits per heavy atom. The van der Waals surface area contributed by atoms with Crippen molar-refractivity contribution < 1.29 is 9.18 Å². The van der Waals surface area contributed by atoms with Gasteiger partial charge in [0.25, 0.3) is 5.56 Å². The summed E-state index contributed by atoms with van der Waals surface area (Å²) in [7, 11) is 0. The number of carbonyl (C=O) groups excluding carboxylic acids is 1. The van der Waals surface area contributed by atoms with E-state index in [1.54, 1.807) is 24.3 Å². The van der Waals surface area contributed by atoms with Crippen molar-refractivity contribution in [2.45, 2.75) is 5.16 Å². The van der Waals surface area contributed by atoms with Gasteiger partial charge in [-0.2, -0.15) is 0 Å². The number of Topliss-reactive ketones (excluding diaryl/α,β-unsaturated/α-hetero) is 1. The van der Waals surface area contributed by atoms with E-state index in [1.165, 1.54) is 24.3 Å². The van der Waals surface area contributed by atoms with Gasteiger partial charge in [0.05, 0.1) is 16.7 Å². The lowest BCUT2D eigenvalue weighted by Crippen LogP contribution is -2.10. The van der Waals surface area contributed by atoms with Crippen LogP contribution in [0.15, 0.2) is 58.5 Å². The minimum absolute atomic E-state index is 0.118. The second-order valence-electron chi connectivity index (χ2n) is 4.61. The first-order valence-electron chi connectivity index (χ1n) is 6.54. The minimum Gasteiger partial charge on any atom is -0.301 e. The number of nitrogens with one attached hydrogen (secondary N) is 1. The highest BCUT2D eigenvalue weighted by Gasteiger charge is 2.09. The van der Waals surface area contributed by atoms with Crippen LogP contribution in [0.25, 0.3) is 10.9 Å². The fraction of sp³-hybridized carbons (Fsp3) is 0.0625. The molecule has 22 heavy (non-hydrogen) atoms. The van der Waals surface area contributed by atoms with E-state index in [1.807, 2.05) is 0 Å². The van der Waals surface area contributed by atoms with E-state index < -0.39 is 0 Å². The summed E-state index contributed by atoms with van der Waals surface area (Å²) in [5.41, 5.74) is 0.780. The molecule has 0 saturated heterocycles. The highest BCUT2D eigenvalue weighted by molar-refractivity contribution is 7.99. The van der Waals surface area contributed by atoms with Crippen LogP contribution in [0.2, 0.25) is 0 Å². The molecule has 0 spiro atoms. The van der Waals surface area contributed by atoms with Gasteiger partial charge in [-0.05, 0) is 36.4 Å². The number of thioether (sulfide) groups is 1. The molecule has 1 aromatic heterocycles. The van der Waals surface area contributed by atoms with Crippen LogP contribution in [0.3, 0.4) is 0 Å². The number of hydrogen-bond acceptors (Lipinski definition) is 4. The van der Waals surface area contributed by atoms with E-state index in [0.29, 0.717) is 21.6 Å². The normalized spacial score (nSPS) is 10.8. The predicted octanol–water partition coefficient (Wildman–Crippen LogP) is 3.04. The molecule has 110 valence electrons. The van der Waals surface area contributed by atoms with Gasteiger partial charge in [-0.25, -0.2) is 9.37 Å². The van der Waals surface area contributed by atoms with Crippen molar-refractivity contribution in [3.05, 3.63) is 70.3 Å². The molecular formula is C16H11FN2O2S. The standard InChI is InChI=1S/C16H11FN2O2S/c17-11-7-5-10(6-8-11)14(20)9-22-16-18-13-4-2-1-3-12(13)15(21)19-16/h1-8H,9H2,(H,18,19,21). The number of hydrogen-bond donors (Lipinski definition) is 1. The minimum atomic E-state index is -0.385. The molecule has 0 saturated carbocycles. The van der Waals surface area contributed by atoms with E-state index in [0.717, 1.165) is 11.8 Å². The molecule has 0 radical (unpaired) electrons. The summed E-state index contributed by atoms with van der Waals surface area (Å²) in [5.74, 6) is -0.419. The summed E-state index contributed by atoms with van der Waals surface area (Å²) >= 11 is 1.15. The smallest absolute Gasteiger partial charge is 0.259 e. The summed E-state index contributed by atoms with van der Waals surface area (Å²) in [6, 6.07) is 12.4. The number of benzene rings is 2. The van der Waals surface area contributed by atoms with Crippen LogP contribution < -0.4 is 5.56 Å². The van der Waals surface area contributed by atoms with E-state index in [9.17, 15) is 14.0 Å². The number of H-pyrrole nitrogens is 1. The highest BCUT2D eigenvalue weighted by atomic mass is 32.2. The van der Waals surface area contributed by atoms with Gasteiger partial charge < -0.3 is 4.98 Å². The van der Waals surface area contributed by atoms with Crippen molar-refractivity contribution in [1.29, 1.82) is 0 Å². The van der Waals surface area contributed by atoms with Crippen LogP contribution in [0, 0.1) is 5.82 Å². The maximum absolute atomic E-state index is 12.8. The summed E-state index contributed by atoms with van der Waals surface area (Å²) in [6.45, 7) is 0. The molecule has 0 amide bonds. The molecule has 4 nitrogen and oxygen atoms in total. The number of nitrogens with zero attached hydrogens (tertiary/aromatic N) is 1. The number of aromatic amines is 1. The molecule has 2 aromatic carbocycles. The second-order valence-corrected chi connectivity index (χ2v) is 5.57. The number of aromatic nitrogens is 2. The van der Waals surface area contributed by atoms with E-state index in [-0.39, 0.29) is 22.9 Å². The average Bonchev–Trinajstić information content (AvgIpc) is 2.53. The molecule has 3 aromatic rings. The maximum Gasteiger partial charge on any atom is 0.259 e. The van der Waals surface area contributed by atoms with Gasteiger partial charge in [-0.1, -0.05) is 23.9 Å². The molecule has 0 aliphatic carbocycles. The summed E-state index contributed by atoms with van der Waals surface area (Å²) in [6.07, 6.45) is 0. The van der Waals surface area contributed by atoms with Crippen LogP contribution in [0.4, 0.5) is 4.39 Å². The number of carbonyl (C=O) groups is 1. The first-order chi connectivity index (χ1) is 10.6. The number of ketones is 1. The predicted molar refractivity (Wildman–Crippen MR) is 83.8 cm³/mol. The van der Waals surface area contributed by atoms with Crippen LogP contribution in [0.1, 0.15) is 10.4 Å². The second kappa shape index (κ2) is 6.11. The van der Waals surface area contributed by atoms with E-state index in [4.69, 9.17) is 0 Å². The van der Waals surface area contributed by atoms with Crippen LogP contribution in [-0.2, 0) is 0 Å². The Morgan fingerprint density at radius 2 is 1.86 bits per heavy atom. The molecule has 6 heteroatoms. The Kier molecular flexibility index (Phi) is 4.02. The quantitative estimate of drug-likeness (QED) is 0.457. The zero-order valence-electron chi connectivity index (χ0n) is 11.4. The maximum atomic E-state index is 12.8. The van der Waals surface area contributed by atoms with Crippen LogP contribution >= 0.6 is 11.8 Å². The van der Waals surface area contributed by atoms with E-state index >= 15 is 0 Å². The largest absolute Gasteiger partial charge is 0.301 e. The molecule has 1 N–H and O–H groups in total. The molecule has 1 heterocycles. The number of fused-ring (bicyclic) bond motifs is 1.